The molecule has 0 radical (unpaired) electrons. The van der Waals surface area contributed by atoms with Crippen LogP contribution >= 0.6 is 11.8 Å². The third-order valence-electron chi connectivity index (χ3n) is 2.25. The van der Waals surface area contributed by atoms with E-state index in [4.69, 9.17) is 5.11 Å². The van der Waals surface area contributed by atoms with E-state index >= 15 is 0 Å². The summed E-state index contributed by atoms with van der Waals surface area (Å²) in [4.78, 5) is 12.8. The van der Waals surface area contributed by atoms with Gasteiger partial charge in [0.15, 0.2) is 0 Å². The van der Waals surface area contributed by atoms with E-state index in [2.05, 4.69) is 0 Å². The number of carboxylic acids is 1. The maximum absolute atomic E-state index is 10.9. The van der Waals surface area contributed by atoms with E-state index < -0.39 is 5.97 Å². The molecule has 1 aliphatic heterocycles. The van der Waals surface area contributed by atoms with Crippen molar-refractivity contribution in [3.05, 3.63) is 0 Å². The summed E-state index contributed by atoms with van der Waals surface area (Å²) in [7, 11) is 1.88. The van der Waals surface area contributed by atoms with Crippen LogP contribution in [0.4, 0.5) is 0 Å². The van der Waals surface area contributed by atoms with Crippen LogP contribution in [0.1, 0.15) is 13.8 Å². The second-order valence-electron chi connectivity index (χ2n) is 3.67. The van der Waals surface area contributed by atoms with Crippen molar-refractivity contribution in [2.45, 2.75) is 24.6 Å². The van der Waals surface area contributed by atoms with Gasteiger partial charge in [-0.25, -0.2) is 0 Å². The highest BCUT2D eigenvalue weighted by Crippen LogP contribution is 2.34. The summed E-state index contributed by atoms with van der Waals surface area (Å²) in [5, 5.41) is 8.99. The SMILES string of the molecule is CN1CCSC(C)(C)[C@@H]1C(=O)O. The average Bonchev–Trinajstić information content (AvgIpc) is 1.82. The van der Waals surface area contributed by atoms with Gasteiger partial charge in [0.2, 0.25) is 0 Å². The van der Waals surface area contributed by atoms with E-state index in [9.17, 15) is 4.79 Å². The van der Waals surface area contributed by atoms with Crippen molar-refractivity contribution in [1.82, 2.24) is 4.90 Å². The molecular weight excluding hydrogens is 174 g/mol. The molecule has 0 aromatic carbocycles. The van der Waals surface area contributed by atoms with Crippen molar-refractivity contribution < 1.29 is 9.90 Å². The largest absolute Gasteiger partial charge is 0.480 e. The fraction of sp³-hybridized carbons (Fsp3) is 0.875. The molecule has 0 saturated carbocycles. The summed E-state index contributed by atoms with van der Waals surface area (Å²) >= 11 is 1.74. The Morgan fingerprint density at radius 2 is 2.25 bits per heavy atom. The Balaban J connectivity index is 2.81. The van der Waals surface area contributed by atoms with Gasteiger partial charge in [-0.05, 0) is 20.9 Å². The highest BCUT2D eigenvalue weighted by molar-refractivity contribution is 8.00. The smallest absolute Gasteiger partial charge is 0.322 e. The molecule has 1 aliphatic rings. The number of aliphatic carboxylic acids is 1. The van der Waals surface area contributed by atoms with Crippen LogP contribution in [0.15, 0.2) is 0 Å². The molecule has 0 aliphatic carbocycles. The van der Waals surface area contributed by atoms with Crippen molar-refractivity contribution in [2.24, 2.45) is 0 Å². The van der Waals surface area contributed by atoms with Crippen molar-refractivity contribution in [2.75, 3.05) is 19.3 Å². The van der Waals surface area contributed by atoms with E-state index in [1.807, 2.05) is 25.8 Å². The van der Waals surface area contributed by atoms with Crippen LogP contribution in [0.5, 0.6) is 0 Å². The Bertz CT molecular complexity index is 193. The summed E-state index contributed by atoms with van der Waals surface area (Å²) in [6.07, 6.45) is 0. The standard InChI is InChI=1S/C8H15NO2S/c1-8(2)6(7(10)11)9(3)4-5-12-8/h6H,4-5H2,1-3H3,(H,10,11)/t6-/m0/s1. The maximum atomic E-state index is 10.9. The topological polar surface area (TPSA) is 40.5 Å². The molecule has 1 rings (SSSR count). The zero-order chi connectivity index (χ0) is 9.35. The number of hydrogen-bond acceptors (Lipinski definition) is 3. The minimum absolute atomic E-state index is 0.168. The van der Waals surface area contributed by atoms with Crippen LogP contribution in [-0.4, -0.2) is 46.1 Å². The van der Waals surface area contributed by atoms with Crippen molar-refractivity contribution >= 4 is 17.7 Å². The first-order chi connectivity index (χ1) is 5.45. The molecule has 12 heavy (non-hydrogen) atoms. The molecular formula is C8H15NO2S. The Kier molecular flexibility index (Phi) is 2.68. The van der Waals surface area contributed by atoms with E-state index in [1.165, 1.54) is 0 Å². The van der Waals surface area contributed by atoms with Crippen molar-refractivity contribution in [3.8, 4) is 0 Å². The van der Waals surface area contributed by atoms with Crippen molar-refractivity contribution in [3.63, 3.8) is 0 Å². The third kappa shape index (κ3) is 1.75. The molecule has 1 saturated heterocycles. The Hall–Kier alpha value is -0.220. The monoisotopic (exact) mass is 189 g/mol. The molecule has 1 fully saturated rings. The minimum Gasteiger partial charge on any atom is -0.480 e. The molecule has 70 valence electrons. The first-order valence-corrected chi connectivity index (χ1v) is 5.01. The van der Waals surface area contributed by atoms with Gasteiger partial charge in [-0.2, -0.15) is 11.8 Å². The maximum Gasteiger partial charge on any atom is 0.322 e. The van der Waals surface area contributed by atoms with Gasteiger partial charge in [-0.15, -0.1) is 0 Å². The van der Waals surface area contributed by atoms with Gasteiger partial charge >= 0.3 is 5.97 Å². The van der Waals surface area contributed by atoms with Gasteiger partial charge < -0.3 is 5.11 Å². The first kappa shape index (κ1) is 9.86. The van der Waals surface area contributed by atoms with Gasteiger partial charge in [0.1, 0.15) is 6.04 Å². The highest BCUT2D eigenvalue weighted by atomic mass is 32.2. The van der Waals surface area contributed by atoms with Gasteiger partial charge in [-0.1, -0.05) is 0 Å². The number of carboxylic acid groups (broad SMARTS) is 1. The zero-order valence-electron chi connectivity index (χ0n) is 7.70. The molecule has 0 spiro atoms. The van der Waals surface area contributed by atoms with E-state index in [1.54, 1.807) is 11.8 Å². The number of thioether (sulfide) groups is 1. The summed E-state index contributed by atoms with van der Waals surface area (Å²) in [5.74, 6) is 0.308. The van der Waals surface area contributed by atoms with E-state index in [0.717, 1.165) is 12.3 Å². The number of nitrogens with zero attached hydrogens (tertiary/aromatic N) is 1. The molecule has 3 nitrogen and oxygen atoms in total. The van der Waals surface area contributed by atoms with Crippen LogP contribution in [0.3, 0.4) is 0 Å². The van der Waals surface area contributed by atoms with Gasteiger partial charge in [-0.3, -0.25) is 9.69 Å². The average molecular weight is 189 g/mol. The van der Waals surface area contributed by atoms with E-state index in [0.29, 0.717) is 0 Å². The molecule has 0 aromatic rings. The lowest BCUT2D eigenvalue weighted by Crippen LogP contribution is -2.55. The minimum atomic E-state index is -0.713. The highest BCUT2D eigenvalue weighted by Gasteiger charge is 2.41. The van der Waals surface area contributed by atoms with Crippen LogP contribution in [0.25, 0.3) is 0 Å². The fourth-order valence-corrected chi connectivity index (χ4v) is 3.02. The normalized spacial score (nSPS) is 30.1. The van der Waals surface area contributed by atoms with Gasteiger partial charge in [0.05, 0.1) is 0 Å². The first-order valence-electron chi connectivity index (χ1n) is 4.02. The van der Waals surface area contributed by atoms with Crippen LogP contribution in [0, 0.1) is 0 Å². The second kappa shape index (κ2) is 3.26. The molecule has 0 unspecified atom stereocenters. The van der Waals surface area contributed by atoms with Gasteiger partial charge in [0.25, 0.3) is 0 Å². The molecule has 4 heteroatoms. The van der Waals surface area contributed by atoms with Gasteiger partial charge in [0, 0.05) is 17.0 Å². The molecule has 1 atom stereocenters. The lowest BCUT2D eigenvalue weighted by molar-refractivity contribution is -0.143. The summed E-state index contributed by atoms with van der Waals surface area (Å²) in [6, 6.07) is -0.351. The zero-order valence-corrected chi connectivity index (χ0v) is 8.52. The lowest BCUT2D eigenvalue weighted by Gasteiger charge is -2.41. The second-order valence-corrected chi connectivity index (χ2v) is 5.42. The van der Waals surface area contributed by atoms with Crippen LogP contribution in [0.2, 0.25) is 0 Å². The van der Waals surface area contributed by atoms with Crippen LogP contribution < -0.4 is 0 Å². The third-order valence-corrected chi connectivity index (χ3v) is 3.61. The number of likely N-dealkylation sites (N-methyl/N-ethyl adjacent to an activating group) is 1. The number of rotatable bonds is 1. The Morgan fingerprint density at radius 1 is 1.67 bits per heavy atom. The van der Waals surface area contributed by atoms with Crippen molar-refractivity contribution in [1.29, 1.82) is 0 Å². The number of carbonyl (C=O) groups is 1. The summed E-state index contributed by atoms with van der Waals surface area (Å²) in [6.45, 7) is 4.85. The lowest BCUT2D eigenvalue weighted by atomic mass is 10.0. The van der Waals surface area contributed by atoms with E-state index in [-0.39, 0.29) is 10.8 Å². The summed E-state index contributed by atoms with van der Waals surface area (Å²) < 4.78 is -0.168. The molecule has 0 bridgehead atoms. The molecule has 1 heterocycles. The molecule has 0 amide bonds. The molecule has 0 aromatic heterocycles. The predicted octanol–water partition coefficient (Wildman–Crippen LogP) is 0.897. The summed E-state index contributed by atoms with van der Waals surface area (Å²) in [5.41, 5.74) is 0. The fourth-order valence-electron chi connectivity index (χ4n) is 1.68. The quantitative estimate of drug-likeness (QED) is 0.665. The Morgan fingerprint density at radius 3 is 2.58 bits per heavy atom. The van der Waals surface area contributed by atoms with Crippen LogP contribution in [-0.2, 0) is 4.79 Å². The number of hydrogen-bond donors (Lipinski definition) is 1. The molecule has 1 N–H and O–H groups in total. The predicted molar refractivity (Wildman–Crippen MR) is 50.6 cm³/mol. The Labute approximate surface area is 77.1 Å².